The number of amides is 1. The lowest BCUT2D eigenvalue weighted by Gasteiger charge is -2.15. The summed E-state index contributed by atoms with van der Waals surface area (Å²) in [6.45, 7) is 3.58. The van der Waals surface area contributed by atoms with Crippen LogP contribution < -0.4 is 10.9 Å². The van der Waals surface area contributed by atoms with E-state index in [0.717, 1.165) is 0 Å². The Morgan fingerprint density at radius 2 is 2.04 bits per heavy atom. The van der Waals surface area contributed by atoms with Gasteiger partial charge in [0, 0.05) is 28.9 Å². The number of benzene rings is 1. The standard InChI is InChI=1S/C18H18ClN3O3/c1-11(2)20-17(24)10-22-16(12-4-3-5-13(19)6-12)9-21-8-14(23)7-15(21)18(22)25/h3-9,11,23H,10H2,1-2H3,(H,20,24). The molecule has 2 aromatic heterocycles. The fourth-order valence-electron chi connectivity index (χ4n) is 2.74. The first-order chi connectivity index (χ1) is 11.8. The van der Waals surface area contributed by atoms with Crippen LogP contribution in [0, 0.1) is 0 Å². The molecule has 2 N–H and O–H groups in total. The van der Waals surface area contributed by atoms with Crippen molar-refractivity contribution in [1.29, 1.82) is 0 Å². The van der Waals surface area contributed by atoms with E-state index >= 15 is 0 Å². The van der Waals surface area contributed by atoms with Crippen LogP contribution in [0.15, 0.2) is 47.5 Å². The highest BCUT2D eigenvalue weighted by Crippen LogP contribution is 2.23. The average Bonchev–Trinajstić information content (AvgIpc) is 2.90. The van der Waals surface area contributed by atoms with E-state index in [1.54, 1.807) is 28.8 Å². The molecule has 25 heavy (non-hydrogen) atoms. The van der Waals surface area contributed by atoms with Crippen LogP contribution in [0.1, 0.15) is 13.8 Å². The summed E-state index contributed by atoms with van der Waals surface area (Å²) in [5, 5.41) is 13.0. The molecule has 3 aromatic rings. The van der Waals surface area contributed by atoms with Crippen molar-refractivity contribution in [2.75, 3.05) is 0 Å². The zero-order valence-corrected chi connectivity index (χ0v) is 14.6. The van der Waals surface area contributed by atoms with Gasteiger partial charge in [0.05, 0.1) is 11.9 Å². The topological polar surface area (TPSA) is 75.7 Å². The molecule has 0 aliphatic heterocycles. The number of hydrogen-bond donors (Lipinski definition) is 2. The van der Waals surface area contributed by atoms with Gasteiger partial charge in [-0.3, -0.25) is 14.2 Å². The smallest absolute Gasteiger partial charge is 0.275 e. The molecule has 0 aliphatic rings. The molecular weight excluding hydrogens is 342 g/mol. The Kier molecular flexibility index (Phi) is 4.55. The van der Waals surface area contributed by atoms with Crippen molar-refractivity contribution in [2.45, 2.75) is 26.4 Å². The number of carbonyl (C=O) groups is 1. The average molecular weight is 360 g/mol. The molecule has 0 saturated heterocycles. The van der Waals surface area contributed by atoms with Gasteiger partial charge in [0.1, 0.15) is 17.8 Å². The van der Waals surface area contributed by atoms with E-state index in [4.69, 9.17) is 11.6 Å². The van der Waals surface area contributed by atoms with Crippen molar-refractivity contribution < 1.29 is 9.90 Å². The Labute approximate surface area is 149 Å². The van der Waals surface area contributed by atoms with Crippen LogP contribution in [0.3, 0.4) is 0 Å². The molecule has 0 spiro atoms. The second-order valence-electron chi connectivity index (χ2n) is 6.13. The molecule has 1 aromatic carbocycles. The second kappa shape index (κ2) is 6.64. The molecule has 0 atom stereocenters. The third-order valence-electron chi connectivity index (χ3n) is 3.72. The van der Waals surface area contributed by atoms with Gasteiger partial charge in [0.25, 0.3) is 5.56 Å². The lowest BCUT2D eigenvalue weighted by atomic mass is 10.1. The first-order valence-electron chi connectivity index (χ1n) is 7.85. The zero-order valence-electron chi connectivity index (χ0n) is 13.9. The van der Waals surface area contributed by atoms with Crippen LogP contribution in [0.25, 0.3) is 16.8 Å². The normalized spacial score (nSPS) is 11.2. The van der Waals surface area contributed by atoms with Gasteiger partial charge in [-0.15, -0.1) is 0 Å². The SMILES string of the molecule is CC(C)NC(=O)Cn1c(-c2cccc(Cl)c2)cn2cc(O)cc2c1=O. The Hall–Kier alpha value is -2.73. The fourth-order valence-corrected chi connectivity index (χ4v) is 2.93. The van der Waals surface area contributed by atoms with E-state index in [1.165, 1.54) is 16.8 Å². The Morgan fingerprint density at radius 1 is 1.28 bits per heavy atom. The van der Waals surface area contributed by atoms with Crippen molar-refractivity contribution in [3.63, 3.8) is 0 Å². The minimum absolute atomic E-state index is 0.0153. The van der Waals surface area contributed by atoms with Crippen LogP contribution >= 0.6 is 11.6 Å². The minimum Gasteiger partial charge on any atom is -0.506 e. The van der Waals surface area contributed by atoms with Crippen LogP contribution in [0.4, 0.5) is 0 Å². The monoisotopic (exact) mass is 359 g/mol. The van der Waals surface area contributed by atoms with Crippen LogP contribution in [0.5, 0.6) is 5.75 Å². The predicted octanol–water partition coefficient (Wildman–Crippen LogP) is 2.65. The van der Waals surface area contributed by atoms with Gasteiger partial charge in [0.15, 0.2) is 0 Å². The van der Waals surface area contributed by atoms with Gasteiger partial charge in [-0.1, -0.05) is 23.7 Å². The van der Waals surface area contributed by atoms with Crippen LogP contribution in [0.2, 0.25) is 5.02 Å². The molecule has 0 fully saturated rings. The number of nitrogens with zero attached hydrogens (tertiary/aromatic N) is 2. The maximum Gasteiger partial charge on any atom is 0.275 e. The molecule has 7 heteroatoms. The quantitative estimate of drug-likeness (QED) is 0.752. The van der Waals surface area contributed by atoms with Gasteiger partial charge in [-0.25, -0.2) is 0 Å². The third kappa shape index (κ3) is 3.53. The van der Waals surface area contributed by atoms with Gasteiger partial charge in [-0.2, -0.15) is 0 Å². The van der Waals surface area contributed by atoms with Crippen molar-refractivity contribution in [3.8, 4) is 17.0 Å². The summed E-state index contributed by atoms with van der Waals surface area (Å²) < 4.78 is 2.93. The fraction of sp³-hybridized carbons (Fsp3) is 0.222. The maximum atomic E-state index is 12.9. The highest BCUT2D eigenvalue weighted by Gasteiger charge is 2.16. The second-order valence-corrected chi connectivity index (χ2v) is 6.57. The molecule has 3 rings (SSSR count). The summed E-state index contributed by atoms with van der Waals surface area (Å²) in [7, 11) is 0. The van der Waals surface area contributed by atoms with Gasteiger partial charge in [-0.05, 0) is 26.0 Å². The van der Waals surface area contributed by atoms with Crippen LogP contribution in [-0.2, 0) is 11.3 Å². The molecule has 1 amide bonds. The lowest BCUT2D eigenvalue weighted by molar-refractivity contribution is -0.122. The highest BCUT2D eigenvalue weighted by molar-refractivity contribution is 6.30. The Balaban J connectivity index is 2.20. The summed E-state index contributed by atoms with van der Waals surface area (Å²) in [6.07, 6.45) is 3.15. The number of aromatic hydroxyl groups is 1. The van der Waals surface area contributed by atoms with E-state index < -0.39 is 0 Å². The molecule has 0 saturated carbocycles. The molecule has 0 radical (unpaired) electrons. The van der Waals surface area contributed by atoms with Crippen molar-refractivity contribution in [2.24, 2.45) is 0 Å². The van der Waals surface area contributed by atoms with Crippen LogP contribution in [-0.4, -0.2) is 26.0 Å². The maximum absolute atomic E-state index is 12.9. The summed E-state index contributed by atoms with van der Waals surface area (Å²) in [4.78, 5) is 25.1. The first-order valence-corrected chi connectivity index (χ1v) is 8.23. The summed E-state index contributed by atoms with van der Waals surface area (Å²) in [6, 6.07) is 8.39. The van der Waals surface area contributed by atoms with Crippen molar-refractivity contribution in [1.82, 2.24) is 14.3 Å². The summed E-state index contributed by atoms with van der Waals surface area (Å²) in [5.74, 6) is -0.279. The molecule has 0 aliphatic carbocycles. The molecule has 0 bridgehead atoms. The molecule has 130 valence electrons. The van der Waals surface area contributed by atoms with E-state index in [-0.39, 0.29) is 29.8 Å². The number of hydrogen-bond acceptors (Lipinski definition) is 3. The molecule has 6 nitrogen and oxygen atoms in total. The van der Waals surface area contributed by atoms with Gasteiger partial charge >= 0.3 is 0 Å². The lowest BCUT2D eigenvalue weighted by Crippen LogP contribution is -2.36. The number of halogens is 1. The zero-order chi connectivity index (χ0) is 18.1. The summed E-state index contributed by atoms with van der Waals surface area (Å²) >= 11 is 6.07. The molecular formula is C18H18ClN3O3. The van der Waals surface area contributed by atoms with Gasteiger partial charge in [0.2, 0.25) is 5.91 Å². The molecule has 2 heterocycles. The highest BCUT2D eigenvalue weighted by atomic mass is 35.5. The number of nitrogens with one attached hydrogen (secondary N) is 1. The van der Waals surface area contributed by atoms with E-state index in [0.29, 0.717) is 21.8 Å². The van der Waals surface area contributed by atoms with E-state index in [1.807, 2.05) is 19.9 Å². The number of fused-ring (bicyclic) bond motifs is 1. The number of carbonyl (C=O) groups excluding carboxylic acids is 1. The van der Waals surface area contributed by atoms with E-state index in [2.05, 4.69) is 5.32 Å². The molecule has 0 unspecified atom stereocenters. The van der Waals surface area contributed by atoms with Gasteiger partial charge < -0.3 is 14.8 Å². The number of aromatic nitrogens is 2. The van der Waals surface area contributed by atoms with Crippen molar-refractivity contribution in [3.05, 3.63) is 58.1 Å². The summed E-state index contributed by atoms with van der Waals surface area (Å²) in [5.41, 5.74) is 1.17. The Bertz CT molecular complexity index is 1000. The number of rotatable bonds is 4. The van der Waals surface area contributed by atoms with Crippen molar-refractivity contribution >= 4 is 23.0 Å². The third-order valence-corrected chi connectivity index (χ3v) is 3.96. The largest absolute Gasteiger partial charge is 0.506 e. The first kappa shape index (κ1) is 17.1. The minimum atomic E-state index is -0.364. The van der Waals surface area contributed by atoms with E-state index in [9.17, 15) is 14.7 Å². The predicted molar refractivity (Wildman–Crippen MR) is 97.0 cm³/mol. The Morgan fingerprint density at radius 3 is 2.72 bits per heavy atom.